The van der Waals surface area contributed by atoms with E-state index in [1.807, 2.05) is 0 Å². The van der Waals surface area contributed by atoms with Gasteiger partial charge >= 0.3 is 6.98 Å². The molecule has 0 fully saturated rings. The molecule has 0 radical (unpaired) electrons. The van der Waals surface area contributed by atoms with Gasteiger partial charge in [-0.2, -0.15) is 0 Å². The zero-order valence-corrected chi connectivity index (χ0v) is 6.17. The lowest BCUT2D eigenvalue weighted by Crippen LogP contribution is -2.37. The van der Waals surface area contributed by atoms with Crippen molar-refractivity contribution in [1.29, 1.82) is 0 Å². The number of ether oxygens (including phenoxy) is 1. The van der Waals surface area contributed by atoms with E-state index in [1.165, 1.54) is 7.11 Å². The van der Waals surface area contributed by atoms with E-state index in [9.17, 15) is 12.9 Å². The third-order valence-electron chi connectivity index (χ3n) is 1.18. The molecule has 66 valence electrons. The zero-order valence-electron chi connectivity index (χ0n) is 6.17. The van der Waals surface area contributed by atoms with Crippen LogP contribution in [0, 0.1) is 0 Å². The van der Waals surface area contributed by atoms with Crippen molar-refractivity contribution >= 4 is 12.6 Å². The highest BCUT2D eigenvalue weighted by molar-refractivity contribution is 6.72. The van der Waals surface area contributed by atoms with E-state index in [4.69, 9.17) is 0 Å². The summed E-state index contributed by atoms with van der Waals surface area (Å²) in [5.41, 5.74) is -0.991. The van der Waals surface area contributed by atoms with Gasteiger partial charge in [0.05, 0.1) is 13.3 Å². The molecule has 3 nitrogen and oxygen atoms in total. The van der Waals surface area contributed by atoms with E-state index in [0.717, 1.165) is 6.20 Å². The first-order chi connectivity index (χ1) is 5.54. The third kappa shape index (κ3) is 1.87. The van der Waals surface area contributed by atoms with Gasteiger partial charge in [0, 0.05) is 11.8 Å². The minimum Gasteiger partial charge on any atom is -0.480 e. The Hall–Kier alpha value is -1.27. The summed E-state index contributed by atoms with van der Waals surface area (Å²) in [6, 6.07) is 0. The first-order valence-corrected chi connectivity index (χ1v) is 3.10. The number of halogens is 3. The van der Waals surface area contributed by atoms with Crippen LogP contribution in [0.2, 0.25) is 0 Å². The standard InChI is InChI=1S/C5H5BF3N2O/c1-12-5-3-10-2-4(11-5)6(7,8)9/h2-3H,1H3/q-1. The van der Waals surface area contributed by atoms with Crippen LogP contribution in [0.3, 0.4) is 0 Å². The Labute approximate surface area is 66.7 Å². The molecule has 1 rings (SSSR count). The summed E-state index contributed by atoms with van der Waals surface area (Å²) in [5, 5.41) is 0. The molecule has 1 aromatic rings. The van der Waals surface area contributed by atoms with Crippen molar-refractivity contribution in [3.63, 3.8) is 0 Å². The Kier molecular flexibility index (Phi) is 2.21. The molecule has 12 heavy (non-hydrogen) atoms. The SMILES string of the molecule is COc1cncc([B-](F)(F)F)n1. The lowest BCUT2D eigenvalue weighted by atomic mass is 9.87. The molecule has 0 bridgehead atoms. The number of hydrogen-bond acceptors (Lipinski definition) is 3. The number of methoxy groups -OCH3 is 1. The largest absolute Gasteiger partial charge is 0.529 e. The van der Waals surface area contributed by atoms with Crippen molar-refractivity contribution in [2.75, 3.05) is 7.11 Å². The molecule has 0 saturated heterocycles. The molecule has 0 amide bonds. The predicted molar refractivity (Wildman–Crippen MR) is 37.3 cm³/mol. The molecule has 0 atom stereocenters. The summed E-state index contributed by atoms with van der Waals surface area (Å²) in [5.74, 6) is -0.133. The molecule has 1 aromatic heterocycles. The Morgan fingerprint density at radius 2 is 2.00 bits per heavy atom. The van der Waals surface area contributed by atoms with Crippen LogP contribution >= 0.6 is 0 Å². The average Bonchev–Trinajstić information content (AvgIpc) is 2.03. The van der Waals surface area contributed by atoms with Crippen molar-refractivity contribution in [3.05, 3.63) is 12.4 Å². The van der Waals surface area contributed by atoms with Gasteiger partial charge in [0.2, 0.25) is 5.88 Å². The van der Waals surface area contributed by atoms with Crippen molar-refractivity contribution in [3.8, 4) is 5.88 Å². The summed E-state index contributed by atoms with van der Waals surface area (Å²) in [4.78, 5) is 6.51. The molecule has 0 aliphatic carbocycles. The fraction of sp³-hybridized carbons (Fsp3) is 0.200. The van der Waals surface area contributed by atoms with E-state index in [-0.39, 0.29) is 5.88 Å². The third-order valence-corrected chi connectivity index (χ3v) is 1.18. The molecule has 0 N–H and O–H groups in total. The summed E-state index contributed by atoms with van der Waals surface area (Å²) in [6.45, 7) is -5.08. The van der Waals surface area contributed by atoms with E-state index < -0.39 is 12.6 Å². The quantitative estimate of drug-likeness (QED) is 0.618. The summed E-state index contributed by atoms with van der Waals surface area (Å²) < 4.78 is 40.5. The minimum atomic E-state index is -5.08. The summed E-state index contributed by atoms with van der Waals surface area (Å²) in [6.07, 6.45) is 1.79. The molecule has 0 aliphatic rings. The molecule has 0 aromatic carbocycles. The first kappa shape index (κ1) is 8.83. The van der Waals surface area contributed by atoms with E-state index in [2.05, 4.69) is 14.7 Å². The monoisotopic (exact) mass is 177 g/mol. The van der Waals surface area contributed by atoms with Gasteiger partial charge in [0.25, 0.3) is 0 Å². The maximum atomic E-state index is 12.0. The van der Waals surface area contributed by atoms with Crippen LogP contribution in [0.1, 0.15) is 0 Å². The highest BCUT2D eigenvalue weighted by atomic mass is 19.4. The molecule has 0 unspecified atom stereocenters. The summed E-state index contributed by atoms with van der Waals surface area (Å²) in [7, 11) is 1.23. The minimum absolute atomic E-state index is 0.133. The number of aromatic nitrogens is 2. The van der Waals surface area contributed by atoms with Crippen LogP contribution in [0.25, 0.3) is 0 Å². The van der Waals surface area contributed by atoms with Crippen molar-refractivity contribution in [1.82, 2.24) is 9.97 Å². The smallest absolute Gasteiger partial charge is 0.480 e. The first-order valence-electron chi connectivity index (χ1n) is 3.10. The Morgan fingerprint density at radius 1 is 1.33 bits per heavy atom. The summed E-state index contributed by atoms with van der Waals surface area (Å²) >= 11 is 0. The normalized spacial score (nSPS) is 11.3. The average molecular weight is 177 g/mol. The molecule has 0 saturated carbocycles. The van der Waals surface area contributed by atoms with Crippen LogP contribution < -0.4 is 10.3 Å². The van der Waals surface area contributed by atoms with E-state index in [0.29, 0.717) is 6.20 Å². The van der Waals surface area contributed by atoms with Crippen LogP contribution in [0.4, 0.5) is 12.9 Å². The van der Waals surface area contributed by atoms with Crippen molar-refractivity contribution in [2.45, 2.75) is 0 Å². The topological polar surface area (TPSA) is 35.0 Å². The van der Waals surface area contributed by atoms with Crippen LogP contribution in [0.15, 0.2) is 12.4 Å². The molecule has 7 heteroatoms. The fourth-order valence-corrected chi connectivity index (χ4v) is 0.618. The van der Waals surface area contributed by atoms with E-state index in [1.54, 1.807) is 0 Å². The van der Waals surface area contributed by atoms with Crippen LogP contribution in [-0.4, -0.2) is 24.1 Å². The van der Waals surface area contributed by atoms with Crippen LogP contribution in [-0.2, 0) is 0 Å². The number of hydrogen-bond donors (Lipinski definition) is 0. The van der Waals surface area contributed by atoms with Gasteiger partial charge in [-0.15, -0.1) is 0 Å². The van der Waals surface area contributed by atoms with Gasteiger partial charge in [-0.3, -0.25) is 4.98 Å². The van der Waals surface area contributed by atoms with Crippen molar-refractivity contribution in [2.24, 2.45) is 0 Å². The van der Waals surface area contributed by atoms with Gasteiger partial charge in [-0.25, -0.2) is 4.98 Å². The number of rotatable bonds is 2. The highest BCUT2D eigenvalue weighted by Gasteiger charge is 2.28. The predicted octanol–water partition coefficient (Wildman–Crippen LogP) is 0.540. The zero-order chi connectivity index (χ0) is 9.19. The van der Waals surface area contributed by atoms with Gasteiger partial charge in [0.1, 0.15) is 0 Å². The Morgan fingerprint density at radius 3 is 2.50 bits per heavy atom. The van der Waals surface area contributed by atoms with Gasteiger partial charge in [0.15, 0.2) is 0 Å². The lowest BCUT2D eigenvalue weighted by molar-refractivity contribution is 0.395. The van der Waals surface area contributed by atoms with Gasteiger partial charge in [-0.05, 0) is 0 Å². The second-order valence-corrected chi connectivity index (χ2v) is 2.06. The Bertz CT molecular complexity index is 278. The molecular formula is C5H5BF3N2O-. The van der Waals surface area contributed by atoms with Crippen molar-refractivity contribution < 1.29 is 17.7 Å². The van der Waals surface area contributed by atoms with Gasteiger partial charge in [-0.1, -0.05) is 0 Å². The van der Waals surface area contributed by atoms with E-state index >= 15 is 0 Å². The fourth-order valence-electron chi connectivity index (χ4n) is 0.618. The second kappa shape index (κ2) is 3.00. The second-order valence-electron chi connectivity index (χ2n) is 2.06. The number of nitrogens with zero attached hydrogens (tertiary/aromatic N) is 2. The Balaban J connectivity index is 3.02. The molecule has 0 spiro atoms. The maximum absolute atomic E-state index is 12.0. The molecule has 1 heterocycles. The molecular weight excluding hydrogens is 172 g/mol. The highest BCUT2D eigenvalue weighted by Crippen LogP contribution is 2.08. The molecule has 0 aliphatic heterocycles. The van der Waals surface area contributed by atoms with Gasteiger partial charge < -0.3 is 17.7 Å². The maximum Gasteiger partial charge on any atom is 0.529 e. The van der Waals surface area contributed by atoms with Crippen LogP contribution in [0.5, 0.6) is 5.88 Å². The lowest BCUT2D eigenvalue weighted by Gasteiger charge is -2.12.